The number of nitrogens with zero attached hydrogens (tertiary/aromatic N) is 1. The van der Waals surface area contributed by atoms with Gasteiger partial charge in [0.25, 0.3) is 0 Å². The van der Waals surface area contributed by atoms with Gasteiger partial charge in [-0.2, -0.15) is 0 Å². The first-order chi connectivity index (χ1) is 8.15. The van der Waals surface area contributed by atoms with Crippen LogP contribution in [-0.2, 0) is 4.79 Å². The number of hydrogen-bond donors (Lipinski definition) is 2. The van der Waals surface area contributed by atoms with E-state index in [-0.39, 0.29) is 5.91 Å². The highest BCUT2D eigenvalue weighted by atomic mass is 16.1. The predicted octanol–water partition coefficient (Wildman–Crippen LogP) is 0.716. The molecule has 0 bridgehead atoms. The maximum absolute atomic E-state index is 12.0. The first-order valence-electron chi connectivity index (χ1n) is 6.91. The van der Waals surface area contributed by atoms with E-state index in [0.29, 0.717) is 5.92 Å². The maximum Gasteiger partial charge on any atom is 0.237 e. The fraction of sp³-hybridized carbons (Fsp3) is 0.923. The van der Waals surface area contributed by atoms with Gasteiger partial charge < -0.3 is 11.1 Å². The zero-order chi connectivity index (χ0) is 12.3. The van der Waals surface area contributed by atoms with Gasteiger partial charge in [0.1, 0.15) is 5.54 Å². The van der Waals surface area contributed by atoms with Gasteiger partial charge >= 0.3 is 0 Å². The third-order valence-electron chi connectivity index (χ3n) is 4.67. The van der Waals surface area contributed by atoms with E-state index < -0.39 is 5.54 Å². The molecular weight excluding hydrogens is 214 g/mol. The molecule has 0 aromatic rings. The van der Waals surface area contributed by atoms with Crippen molar-refractivity contribution in [3.05, 3.63) is 0 Å². The molecule has 1 aliphatic carbocycles. The van der Waals surface area contributed by atoms with Crippen molar-refractivity contribution in [1.82, 2.24) is 10.2 Å². The Morgan fingerprint density at radius 2 is 1.82 bits per heavy atom. The van der Waals surface area contributed by atoms with Gasteiger partial charge in [0.2, 0.25) is 5.91 Å². The fourth-order valence-electron chi connectivity index (χ4n) is 3.41. The topological polar surface area (TPSA) is 58.4 Å². The molecule has 2 fully saturated rings. The van der Waals surface area contributed by atoms with Crippen molar-refractivity contribution in [3.63, 3.8) is 0 Å². The van der Waals surface area contributed by atoms with Crippen LogP contribution in [0.2, 0.25) is 0 Å². The summed E-state index contributed by atoms with van der Waals surface area (Å²) >= 11 is 0. The summed E-state index contributed by atoms with van der Waals surface area (Å²) in [5, 5.41) is 3.33. The lowest BCUT2D eigenvalue weighted by Crippen LogP contribution is -2.64. The zero-order valence-corrected chi connectivity index (χ0v) is 10.9. The lowest BCUT2D eigenvalue weighted by molar-refractivity contribution is -0.134. The Hall–Kier alpha value is -0.610. The van der Waals surface area contributed by atoms with Crippen LogP contribution in [-0.4, -0.2) is 42.5 Å². The minimum absolute atomic E-state index is 0.133. The van der Waals surface area contributed by atoms with E-state index in [9.17, 15) is 4.79 Å². The largest absolute Gasteiger partial charge is 0.368 e. The molecule has 0 aromatic heterocycles. The van der Waals surface area contributed by atoms with E-state index in [1.807, 2.05) is 0 Å². The Balaban J connectivity index is 2.14. The van der Waals surface area contributed by atoms with Crippen molar-refractivity contribution in [1.29, 1.82) is 0 Å². The van der Waals surface area contributed by atoms with Crippen LogP contribution in [0.25, 0.3) is 0 Å². The molecule has 1 atom stereocenters. The van der Waals surface area contributed by atoms with Crippen LogP contribution >= 0.6 is 0 Å². The van der Waals surface area contributed by atoms with E-state index in [4.69, 9.17) is 5.73 Å². The molecule has 1 unspecified atom stereocenters. The van der Waals surface area contributed by atoms with E-state index in [1.54, 1.807) is 0 Å². The van der Waals surface area contributed by atoms with E-state index >= 15 is 0 Å². The van der Waals surface area contributed by atoms with Crippen molar-refractivity contribution in [2.24, 2.45) is 11.7 Å². The Morgan fingerprint density at radius 1 is 1.24 bits per heavy atom. The van der Waals surface area contributed by atoms with Crippen LogP contribution in [0.4, 0.5) is 0 Å². The highest BCUT2D eigenvalue weighted by Crippen LogP contribution is 2.36. The number of rotatable bonds is 3. The molecule has 4 nitrogen and oxygen atoms in total. The summed E-state index contributed by atoms with van der Waals surface area (Å²) in [5.74, 6) is 0.318. The van der Waals surface area contributed by atoms with Crippen LogP contribution in [0.15, 0.2) is 0 Å². The molecule has 1 aliphatic heterocycles. The van der Waals surface area contributed by atoms with Crippen molar-refractivity contribution in [2.75, 3.05) is 26.2 Å². The summed E-state index contributed by atoms with van der Waals surface area (Å²) < 4.78 is 0. The number of piperazine rings is 1. The second-order valence-corrected chi connectivity index (χ2v) is 5.58. The van der Waals surface area contributed by atoms with Crippen LogP contribution in [0.3, 0.4) is 0 Å². The lowest BCUT2D eigenvalue weighted by atomic mass is 9.74. The van der Waals surface area contributed by atoms with Gasteiger partial charge in [-0.1, -0.05) is 19.3 Å². The summed E-state index contributed by atoms with van der Waals surface area (Å²) in [6, 6.07) is 0. The van der Waals surface area contributed by atoms with Crippen molar-refractivity contribution in [2.45, 2.75) is 44.6 Å². The zero-order valence-electron chi connectivity index (χ0n) is 10.9. The normalized spacial score (nSPS) is 27.6. The number of carbonyl (C=O) groups excluding carboxylic acids is 1. The molecule has 1 amide bonds. The Bertz CT molecular complexity index is 250. The summed E-state index contributed by atoms with van der Waals surface area (Å²) in [7, 11) is 0. The molecule has 2 aliphatic rings. The highest BCUT2D eigenvalue weighted by Gasteiger charge is 2.45. The van der Waals surface area contributed by atoms with Crippen molar-refractivity contribution < 1.29 is 4.79 Å². The Kier molecular flexibility index (Phi) is 4.05. The van der Waals surface area contributed by atoms with E-state index in [1.165, 1.54) is 19.3 Å². The number of nitrogens with two attached hydrogens (primary N) is 1. The van der Waals surface area contributed by atoms with Crippen LogP contribution in [0.1, 0.15) is 39.0 Å². The van der Waals surface area contributed by atoms with E-state index in [0.717, 1.165) is 39.0 Å². The quantitative estimate of drug-likeness (QED) is 0.763. The first-order valence-corrected chi connectivity index (χ1v) is 6.91. The molecule has 17 heavy (non-hydrogen) atoms. The summed E-state index contributed by atoms with van der Waals surface area (Å²) in [5.41, 5.74) is 5.30. The van der Waals surface area contributed by atoms with Crippen LogP contribution in [0, 0.1) is 5.92 Å². The molecule has 0 radical (unpaired) electrons. The molecule has 1 heterocycles. The van der Waals surface area contributed by atoms with Gasteiger partial charge in [0.15, 0.2) is 0 Å². The third kappa shape index (κ3) is 2.47. The highest BCUT2D eigenvalue weighted by molar-refractivity contribution is 5.84. The molecule has 0 aromatic carbocycles. The van der Waals surface area contributed by atoms with Gasteiger partial charge in [-0.3, -0.25) is 9.69 Å². The Labute approximate surface area is 104 Å². The second-order valence-electron chi connectivity index (χ2n) is 5.58. The number of amides is 1. The molecule has 1 saturated heterocycles. The average Bonchev–Trinajstić information content (AvgIpc) is 2.39. The number of primary amides is 1. The van der Waals surface area contributed by atoms with E-state index in [2.05, 4.69) is 17.1 Å². The molecule has 1 saturated carbocycles. The summed E-state index contributed by atoms with van der Waals surface area (Å²) in [4.78, 5) is 14.3. The molecule has 98 valence electrons. The minimum Gasteiger partial charge on any atom is -0.368 e. The van der Waals surface area contributed by atoms with Crippen LogP contribution in [0.5, 0.6) is 0 Å². The molecule has 0 spiro atoms. The monoisotopic (exact) mass is 239 g/mol. The number of carbonyl (C=O) groups is 1. The number of nitrogens with one attached hydrogen (secondary N) is 1. The molecule has 4 heteroatoms. The summed E-state index contributed by atoms with van der Waals surface area (Å²) in [6.07, 6.45) is 6.12. The molecule has 2 rings (SSSR count). The van der Waals surface area contributed by atoms with Crippen molar-refractivity contribution >= 4 is 5.91 Å². The Morgan fingerprint density at radius 3 is 2.35 bits per heavy atom. The van der Waals surface area contributed by atoms with Gasteiger partial charge in [0, 0.05) is 26.2 Å². The average molecular weight is 239 g/mol. The maximum atomic E-state index is 12.0. The third-order valence-corrected chi connectivity index (χ3v) is 4.67. The van der Waals surface area contributed by atoms with Gasteiger partial charge in [0.05, 0.1) is 0 Å². The minimum atomic E-state index is -0.428. The standard InChI is InChI=1S/C13H25N3O/c1-13(12(14)17,11-5-3-2-4-6-11)16-9-7-15-8-10-16/h11,15H,2-10H2,1H3,(H2,14,17). The molecule has 3 N–H and O–H groups in total. The van der Waals surface area contributed by atoms with Crippen molar-refractivity contribution in [3.8, 4) is 0 Å². The fourth-order valence-corrected chi connectivity index (χ4v) is 3.41. The SMILES string of the molecule is CC(C(N)=O)(C1CCCCC1)N1CCNCC1. The summed E-state index contributed by atoms with van der Waals surface area (Å²) in [6.45, 7) is 5.88. The van der Waals surface area contributed by atoms with Crippen LogP contribution < -0.4 is 11.1 Å². The predicted molar refractivity (Wildman–Crippen MR) is 68.6 cm³/mol. The lowest BCUT2D eigenvalue weighted by Gasteiger charge is -2.47. The molecular formula is C13H25N3O. The van der Waals surface area contributed by atoms with Gasteiger partial charge in [-0.05, 0) is 25.7 Å². The van der Waals surface area contributed by atoms with Gasteiger partial charge in [-0.15, -0.1) is 0 Å². The first kappa shape index (κ1) is 12.8. The number of hydrogen-bond acceptors (Lipinski definition) is 3. The smallest absolute Gasteiger partial charge is 0.237 e. The van der Waals surface area contributed by atoms with Gasteiger partial charge in [-0.25, -0.2) is 0 Å². The second kappa shape index (κ2) is 5.36.